The molecule has 0 radical (unpaired) electrons. The fourth-order valence-corrected chi connectivity index (χ4v) is 2.41. The molecule has 1 N–H and O–H groups in total. The molecular formula is C13H22N4. The summed E-state index contributed by atoms with van der Waals surface area (Å²) in [4.78, 5) is 6.84. The lowest BCUT2D eigenvalue weighted by molar-refractivity contribution is 0.333. The van der Waals surface area contributed by atoms with Gasteiger partial charge in [-0.25, -0.2) is 4.98 Å². The first-order chi connectivity index (χ1) is 8.33. The summed E-state index contributed by atoms with van der Waals surface area (Å²) in [7, 11) is 0. The quantitative estimate of drug-likeness (QED) is 0.762. The van der Waals surface area contributed by atoms with Crippen molar-refractivity contribution in [2.24, 2.45) is 5.92 Å². The molecule has 1 aliphatic heterocycles. The fourth-order valence-electron chi connectivity index (χ4n) is 2.41. The van der Waals surface area contributed by atoms with Crippen molar-refractivity contribution in [3.05, 3.63) is 25.0 Å². The van der Waals surface area contributed by atoms with Crippen LogP contribution in [0.1, 0.15) is 13.3 Å². The minimum atomic E-state index is 0.758. The molecule has 94 valence electrons. The number of likely N-dealkylation sites (tertiary alicyclic amines) is 1. The molecule has 1 aromatic heterocycles. The predicted octanol–water partition coefficient (Wildman–Crippen LogP) is 1.82. The summed E-state index contributed by atoms with van der Waals surface area (Å²) in [5, 5.41) is 3.26. The maximum Gasteiger partial charge on any atom is 0.203 e. The topological polar surface area (TPSA) is 33.1 Å². The smallest absolute Gasteiger partial charge is 0.203 e. The van der Waals surface area contributed by atoms with Crippen LogP contribution in [0.15, 0.2) is 25.0 Å². The molecule has 2 rings (SSSR count). The van der Waals surface area contributed by atoms with Crippen LogP contribution >= 0.6 is 0 Å². The van der Waals surface area contributed by atoms with Gasteiger partial charge in [0.1, 0.15) is 0 Å². The molecule has 0 bridgehead atoms. The van der Waals surface area contributed by atoms with Crippen molar-refractivity contribution >= 4 is 5.95 Å². The Morgan fingerprint density at radius 1 is 1.65 bits per heavy atom. The Labute approximate surface area is 103 Å². The number of nitrogens with zero attached hydrogens (tertiary/aromatic N) is 3. The van der Waals surface area contributed by atoms with Crippen LogP contribution in [0.25, 0.3) is 0 Å². The molecule has 1 fully saturated rings. The van der Waals surface area contributed by atoms with Crippen molar-refractivity contribution < 1.29 is 0 Å². The highest BCUT2D eigenvalue weighted by atomic mass is 15.2. The molecule has 1 unspecified atom stereocenters. The molecule has 0 aromatic carbocycles. The minimum absolute atomic E-state index is 0.758. The van der Waals surface area contributed by atoms with E-state index in [4.69, 9.17) is 0 Å². The highest BCUT2D eigenvalue weighted by molar-refractivity contribution is 5.26. The Morgan fingerprint density at radius 3 is 3.24 bits per heavy atom. The third-order valence-corrected chi connectivity index (χ3v) is 3.39. The zero-order chi connectivity index (χ0) is 12.1. The van der Waals surface area contributed by atoms with E-state index in [0.29, 0.717) is 0 Å². The third-order valence-electron chi connectivity index (χ3n) is 3.39. The van der Waals surface area contributed by atoms with E-state index in [1.54, 1.807) is 0 Å². The van der Waals surface area contributed by atoms with Gasteiger partial charge >= 0.3 is 0 Å². The fraction of sp³-hybridized carbons (Fsp3) is 0.615. The van der Waals surface area contributed by atoms with E-state index in [9.17, 15) is 0 Å². The van der Waals surface area contributed by atoms with E-state index in [0.717, 1.165) is 25.0 Å². The summed E-state index contributed by atoms with van der Waals surface area (Å²) in [6.45, 7) is 11.4. The molecule has 4 nitrogen and oxygen atoms in total. The molecule has 4 heteroatoms. The zero-order valence-corrected chi connectivity index (χ0v) is 10.6. The van der Waals surface area contributed by atoms with Crippen LogP contribution in [0, 0.1) is 5.92 Å². The number of hydrogen-bond donors (Lipinski definition) is 1. The second kappa shape index (κ2) is 5.87. The van der Waals surface area contributed by atoms with Crippen LogP contribution in [-0.4, -0.2) is 40.6 Å². The average molecular weight is 234 g/mol. The van der Waals surface area contributed by atoms with Gasteiger partial charge in [-0.2, -0.15) is 0 Å². The zero-order valence-electron chi connectivity index (χ0n) is 10.6. The summed E-state index contributed by atoms with van der Waals surface area (Å²) in [6, 6.07) is 0. The summed E-state index contributed by atoms with van der Waals surface area (Å²) in [6.07, 6.45) is 7.07. The number of anilines is 1. The van der Waals surface area contributed by atoms with Crippen molar-refractivity contribution in [3.8, 4) is 0 Å². The van der Waals surface area contributed by atoms with Crippen LogP contribution in [0.5, 0.6) is 0 Å². The molecule has 1 atom stereocenters. The molecule has 1 aliphatic rings. The second-order valence-electron chi connectivity index (χ2n) is 4.62. The molecule has 0 aliphatic carbocycles. The summed E-state index contributed by atoms with van der Waals surface area (Å²) in [5.41, 5.74) is 0. The molecular weight excluding hydrogens is 212 g/mol. The van der Waals surface area contributed by atoms with Crippen molar-refractivity contribution in [3.63, 3.8) is 0 Å². The van der Waals surface area contributed by atoms with Gasteiger partial charge in [-0.3, -0.25) is 0 Å². The van der Waals surface area contributed by atoms with E-state index >= 15 is 0 Å². The first-order valence-corrected chi connectivity index (χ1v) is 6.41. The van der Waals surface area contributed by atoms with Gasteiger partial charge in [0.05, 0.1) is 0 Å². The van der Waals surface area contributed by atoms with Gasteiger partial charge in [0.25, 0.3) is 0 Å². The molecule has 2 heterocycles. The second-order valence-corrected chi connectivity index (χ2v) is 4.62. The van der Waals surface area contributed by atoms with Crippen molar-refractivity contribution in [2.75, 3.05) is 31.5 Å². The normalized spacial score (nSPS) is 20.6. The van der Waals surface area contributed by atoms with E-state index in [2.05, 4.69) is 39.5 Å². The van der Waals surface area contributed by atoms with Gasteiger partial charge in [0.15, 0.2) is 0 Å². The highest BCUT2D eigenvalue weighted by Gasteiger charge is 2.21. The highest BCUT2D eigenvalue weighted by Crippen LogP contribution is 2.19. The summed E-state index contributed by atoms with van der Waals surface area (Å²) < 4.78 is 2.22. The van der Waals surface area contributed by atoms with Crippen LogP contribution < -0.4 is 5.32 Å². The number of nitrogens with one attached hydrogen (secondary N) is 1. The standard InChI is InChI=1S/C13H22N4/c1-3-6-14-13-15-7-9-17(13)11-12-5-8-16(4-2)10-12/h3,7,9,12H,1,4-6,8,10-11H2,2H3,(H,14,15). The number of aromatic nitrogens is 2. The number of rotatable bonds is 6. The van der Waals surface area contributed by atoms with Crippen molar-refractivity contribution in [1.82, 2.24) is 14.5 Å². The van der Waals surface area contributed by atoms with Gasteiger partial charge in [-0.1, -0.05) is 13.0 Å². The average Bonchev–Trinajstić information content (AvgIpc) is 2.96. The summed E-state index contributed by atoms with van der Waals surface area (Å²) in [5.74, 6) is 1.72. The Kier molecular flexibility index (Phi) is 4.20. The van der Waals surface area contributed by atoms with Gasteiger partial charge < -0.3 is 14.8 Å². The lowest BCUT2D eigenvalue weighted by Crippen LogP contribution is -2.21. The van der Waals surface area contributed by atoms with Gasteiger partial charge in [-0.05, 0) is 25.4 Å². The molecule has 0 saturated carbocycles. The Morgan fingerprint density at radius 2 is 2.53 bits per heavy atom. The Balaban J connectivity index is 1.90. The van der Waals surface area contributed by atoms with Gasteiger partial charge in [0, 0.05) is 32.0 Å². The molecule has 1 aromatic rings. The van der Waals surface area contributed by atoms with E-state index < -0.39 is 0 Å². The van der Waals surface area contributed by atoms with Crippen LogP contribution in [-0.2, 0) is 6.54 Å². The first kappa shape index (κ1) is 12.2. The van der Waals surface area contributed by atoms with Gasteiger partial charge in [0.2, 0.25) is 5.95 Å². The minimum Gasteiger partial charge on any atom is -0.352 e. The Hall–Kier alpha value is -1.29. The van der Waals surface area contributed by atoms with E-state index in [1.807, 2.05) is 12.3 Å². The molecule has 17 heavy (non-hydrogen) atoms. The van der Waals surface area contributed by atoms with Gasteiger partial charge in [-0.15, -0.1) is 6.58 Å². The molecule has 0 spiro atoms. The number of imidazole rings is 1. The van der Waals surface area contributed by atoms with Crippen molar-refractivity contribution in [2.45, 2.75) is 19.9 Å². The Bertz CT molecular complexity index is 358. The summed E-state index contributed by atoms with van der Waals surface area (Å²) >= 11 is 0. The third kappa shape index (κ3) is 3.09. The lowest BCUT2D eigenvalue weighted by Gasteiger charge is -2.15. The van der Waals surface area contributed by atoms with Crippen molar-refractivity contribution in [1.29, 1.82) is 0 Å². The maximum absolute atomic E-state index is 4.33. The molecule has 0 amide bonds. The maximum atomic E-state index is 4.33. The molecule has 1 saturated heterocycles. The van der Waals surface area contributed by atoms with Crippen LogP contribution in [0.3, 0.4) is 0 Å². The van der Waals surface area contributed by atoms with Crippen LogP contribution in [0.4, 0.5) is 5.95 Å². The van der Waals surface area contributed by atoms with Crippen LogP contribution in [0.2, 0.25) is 0 Å². The monoisotopic (exact) mass is 234 g/mol. The largest absolute Gasteiger partial charge is 0.352 e. The first-order valence-electron chi connectivity index (χ1n) is 6.41. The van der Waals surface area contributed by atoms with E-state index in [1.165, 1.54) is 26.1 Å². The predicted molar refractivity (Wildman–Crippen MR) is 71.1 cm³/mol. The van der Waals surface area contributed by atoms with E-state index in [-0.39, 0.29) is 0 Å². The lowest BCUT2D eigenvalue weighted by atomic mass is 10.1. The number of hydrogen-bond acceptors (Lipinski definition) is 3. The SMILES string of the molecule is C=CCNc1nccn1CC1CCN(CC)C1.